The average molecular weight is 291 g/mol. The molecule has 1 N–H and O–H groups in total. The van der Waals surface area contributed by atoms with Crippen LogP contribution in [0.2, 0.25) is 0 Å². The maximum Gasteiger partial charge on any atom is 0.311 e. The number of nitrogens with zero attached hydrogens (tertiary/aromatic N) is 3. The second-order valence-electron chi connectivity index (χ2n) is 4.73. The summed E-state index contributed by atoms with van der Waals surface area (Å²) in [5.74, 6) is -1.74. The van der Waals surface area contributed by atoms with E-state index in [2.05, 4.69) is 0 Å². The smallest absolute Gasteiger partial charge is 0.311 e. The summed E-state index contributed by atoms with van der Waals surface area (Å²) >= 11 is 0. The molecule has 1 aliphatic heterocycles. The molecule has 1 fully saturated rings. The Bertz CT molecular complexity index is 625. The van der Waals surface area contributed by atoms with Crippen LogP contribution in [0.25, 0.3) is 0 Å². The SMILES string of the molecule is CN(c1ccc(C#N)cc1[N+](=O)[O-])C1COCC1C(=O)O. The first-order valence-corrected chi connectivity index (χ1v) is 6.17. The Morgan fingerprint density at radius 1 is 1.57 bits per heavy atom. The normalized spacial score (nSPS) is 20.8. The number of nitriles is 1. The molecule has 1 aromatic carbocycles. The molecule has 1 saturated heterocycles. The standard InChI is InChI=1S/C13H13N3O5/c1-15(12-7-21-6-9(12)13(17)18)10-3-2-8(5-14)4-11(10)16(19)20/h2-4,9,12H,6-7H2,1H3,(H,17,18). The maximum atomic E-state index is 11.2. The molecule has 1 heterocycles. The highest BCUT2D eigenvalue weighted by Gasteiger charge is 2.38. The van der Waals surface area contributed by atoms with E-state index in [1.54, 1.807) is 7.05 Å². The van der Waals surface area contributed by atoms with E-state index in [-0.39, 0.29) is 30.2 Å². The fourth-order valence-electron chi connectivity index (χ4n) is 2.38. The lowest BCUT2D eigenvalue weighted by Crippen LogP contribution is -2.41. The molecule has 0 aromatic heterocycles. The van der Waals surface area contributed by atoms with E-state index in [0.29, 0.717) is 0 Å². The highest BCUT2D eigenvalue weighted by molar-refractivity contribution is 5.74. The van der Waals surface area contributed by atoms with Crippen molar-refractivity contribution in [1.82, 2.24) is 0 Å². The van der Waals surface area contributed by atoms with E-state index in [1.165, 1.54) is 23.1 Å². The third-order valence-corrected chi connectivity index (χ3v) is 3.55. The monoisotopic (exact) mass is 291 g/mol. The van der Waals surface area contributed by atoms with Crippen LogP contribution in [0.1, 0.15) is 5.56 Å². The fourth-order valence-corrected chi connectivity index (χ4v) is 2.38. The number of nitro groups is 1. The first-order chi connectivity index (χ1) is 9.95. The molecule has 0 aliphatic carbocycles. The Morgan fingerprint density at radius 2 is 2.29 bits per heavy atom. The van der Waals surface area contributed by atoms with Gasteiger partial charge in [0.05, 0.1) is 35.8 Å². The number of carbonyl (C=O) groups is 1. The largest absolute Gasteiger partial charge is 0.481 e. The minimum absolute atomic E-state index is 0.0778. The first-order valence-electron chi connectivity index (χ1n) is 6.17. The van der Waals surface area contributed by atoms with Crippen LogP contribution in [0.3, 0.4) is 0 Å². The van der Waals surface area contributed by atoms with Crippen molar-refractivity contribution < 1.29 is 19.6 Å². The highest BCUT2D eigenvalue weighted by Crippen LogP contribution is 2.32. The van der Waals surface area contributed by atoms with Gasteiger partial charge in [0.15, 0.2) is 0 Å². The van der Waals surface area contributed by atoms with Gasteiger partial charge in [0, 0.05) is 13.1 Å². The van der Waals surface area contributed by atoms with Crippen molar-refractivity contribution in [3.63, 3.8) is 0 Å². The molecule has 0 radical (unpaired) electrons. The number of anilines is 1. The van der Waals surface area contributed by atoms with Crippen molar-refractivity contribution in [1.29, 1.82) is 5.26 Å². The predicted octanol–water partition coefficient (Wildman–Crippen LogP) is 1.00. The summed E-state index contributed by atoms with van der Waals surface area (Å²) < 4.78 is 5.17. The zero-order valence-corrected chi connectivity index (χ0v) is 11.2. The van der Waals surface area contributed by atoms with Gasteiger partial charge in [-0.2, -0.15) is 5.26 Å². The number of aliphatic carboxylic acids is 1. The Kier molecular flexibility index (Phi) is 4.05. The molecule has 0 bridgehead atoms. The lowest BCUT2D eigenvalue weighted by molar-refractivity contribution is -0.384. The van der Waals surface area contributed by atoms with Crippen molar-refractivity contribution in [2.45, 2.75) is 6.04 Å². The van der Waals surface area contributed by atoms with E-state index in [0.717, 1.165) is 0 Å². The number of hydrogen-bond donors (Lipinski definition) is 1. The Balaban J connectivity index is 2.39. The van der Waals surface area contributed by atoms with E-state index >= 15 is 0 Å². The molecule has 2 unspecified atom stereocenters. The van der Waals surface area contributed by atoms with Crippen molar-refractivity contribution in [3.8, 4) is 6.07 Å². The van der Waals surface area contributed by atoms with Crippen molar-refractivity contribution in [2.75, 3.05) is 25.2 Å². The van der Waals surface area contributed by atoms with Crippen molar-refractivity contribution >= 4 is 17.3 Å². The van der Waals surface area contributed by atoms with E-state index in [4.69, 9.17) is 15.1 Å². The number of benzene rings is 1. The second kappa shape index (κ2) is 5.76. The van der Waals surface area contributed by atoms with Crippen LogP contribution in [0.4, 0.5) is 11.4 Å². The highest BCUT2D eigenvalue weighted by atomic mass is 16.6. The van der Waals surface area contributed by atoms with Crippen LogP contribution in [-0.4, -0.2) is 42.3 Å². The third-order valence-electron chi connectivity index (χ3n) is 3.55. The molecule has 1 aliphatic rings. The van der Waals surface area contributed by atoms with Crippen LogP contribution in [0, 0.1) is 27.4 Å². The van der Waals surface area contributed by atoms with Gasteiger partial charge in [-0.25, -0.2) is 0 Å². The number of nitro benzene ring substituents is 1. The topological polar surface area (TPSA) is 117 Å². The van der Waals surface area contributed by atoms with Gasteiger partial charge < -0.3 is 14.7 Å². The number of likely N-dealkylation sites (N-methyl/N-ethyl adjacent to an activating group) is 1. The summed E-state index contributed by atoms with van der Waals surface area (Å²) in [6.45, 7) is 0.263. The quantitative estimate of drug-likeness (QED) is 0.649. The second-order valence-corrected chi connectivity index (χ2v) is 4.73. The third kappa shape index (κ3) is 2.78. The van der Waals surface area contributed by atoms with E-state index in [1.807, 2.05) is 6.07 Å². The van der Waals surface area contributed by atoms with Crippen LogP contribution in [0.5, 0.6) is 0 Å². The zero-order valence-electron chi connectivity index (χ0n) is 11.2. The fraction of sp³-hybridized carbons (Fsp3) is 0.385. The van der Waals surface area contributed by atoms with Gasteiger partial charge >= 0.3 is 5.97 Å². The molecule has 0 spiro atoms. The number of carboxylic acids is 1. The summed E-state index contributed by atoms with van der Waals surface area (Å²) in [7, 11) is 1.59. The number of carboxylic acid groups (broad SMARTS) is 1. The molecule has 1 aromatic rings. The van der Waals surface area contributed by atoms with E-state index < -0.39 is 22.9 Å². The van der Waals surface area contributed by atoms with Gasteiger partial charge in [-0.15, -0.1) is 0 Å². The molecular weight excluding hydrogens is 278 g/mol. The van der Waals surface area contributed by atoms with Crippen LogP contribution in [0.15, 0.2) is 18.2 Å². The summed E-state index contributed by atoms with van der Waals surface area (Å²) in [5, 5.41) is 29.1. The van der Waals surface area contributed by atoms with Gasteiger partial charge in [-0.1, -0.05) is 0 Å². The van der Waals surface area contributed by atoms with Crippen LogP contribution >= 0.6 is 0 Å². The summed E-state index contributed by atoms with van der Waals surface area (Å²) in [6.07, 6.45) is 0. The minimum Gasteiger partial charge on any atom is -0.481 e. The molecular formula is C13H13N3O5. The lowest BCUT2D eigenvalue weighted by atomic mass is 10.0. The Hall–Kier alpha value is -2.66. The minimum atomic E-state index is -0.999. The molecule has 2 atom stereocenters. The Labute approximate surface area is 120 Å². The predicted molar refractivity (Wildman–Crippen MR) is 71.9 cm³/mol. The Morgan fingerprint density at radius 3 is 2.86 bits per heavy atom. The first kappa shape index (κ1) is 14.7. The molecule has 8 nitrogen and oxygen atoms in total. The van der Waals surface area contributed by atoms with Crippen LogP contribution in [-0.2, 0) is 9.53 Å². The van der Waals surface area contributed by atoms with Crippen LogP contribution < -0.4 is 4.90 Å². The number of hydrogen-bond acceptors (Lipinski definition) is 6. The molecule has 8 heteroatoms. The summed E-state index contributed by atoms with van der Waals surface area (Å²) in [6, 6.07) is 5.44. The van der Waals surface area contributed by atoms with Gasteiger partial charge in [0.2, 0.25) is 0 Å². The van der Waals surface area contributed by atoms with Crippen molar-refractivity contribution in [2.24, 2.45) is 5.92 Å². The maximum absolute atomic E-state index is 11.2. The number of rotatable bonds is 4. The summed E-state index contributed by atoms with van der Waals surface area (Å²) in [4.78, 5) is 23.3. The van der Waals surface area contributed by atoms with Gasteiger partial charge in [-0.05, 0) is 12.1 Å². The molecule has 0 amide bonds. The average Bonchev–Trinajstić information content (AvgIpc) is 2.95. The lowest BCUT2D eigenvalue weighted by Gasteiger charge is -2.27. The van der Waals surface area contributed by atoms with Gasteiger partial charge in [0.25, 0.3) is 5.69 Å². The molecule has 0 saturated carbocycles. The molecule has 2 rings (SSSR count). The van der Waals surface area contributed by atoms with E-state index in [9.17, 15) is 14.9 Å². The van der Waals surface area contributed by atoms with Gasteiger partial charge in [-0.3, -0.25) is 14.9 Å². The molecule has 21 heavy (non-hydrogen) atoms. The van der Waals surface area contributed by atoms with Gasteiger partial charge in [0.1, 0.15) is 11.6 Å². The van der Waals surface area contributed by atoms with Crippen molar-refractivity contribution in [3.05, 3.63) is 33.9 Å². The zero-order chi connectivity index (χ0) is 15.6. The summed E-state index contributed by atoms with van der Waals surface area (Å²) in [5.41, 5.74) is 0.213. The number of ether oxygens (including phenoxy) is 1. The molecule has 110 valence electrons.